The van der Waals surface area contributed by atoms with Gasteiger partial charge in [-0.05, 0) is 59.5 Å². The van der Waals surface area contributed by atoms with Crippen molar-refractivity contribution < 1.29 is 36.2 Å². The number of hydrogen-bond donors (Lipinski definition) is 2. The van der Waals surface area contributed by atoms with Crippen LogP contribution in [0.15, 0.2) is 47.5 Å². The van der Waals surface area contributed by atoms with E-state index in [0.717, 1.165) is 12.3 Å². The Morgan fingerprint density at radius 2 is 1.73 bits per heavy atom. The molecule has 226 valence electrons. The third kappa shape index (κ3) is 11.6. The molecule has 1 amide bonds. The lowest BCUT2D eigenvalue weighted by molar-refractivity contribution is 0.139. The van der Waals surface area contributed by atoms with Gasteiger partial charge in [-0.25, -0.2) is 36.7 Å². The van der Waals surface area contributed by atoms with E-state index in [4.69, 9.17) is 10.5 Å². The third-order valence-corrected chi connectivity index (χ3v) is 5.56. The predicted octanol–water partition coefficient (Wildman–Crippen LogP) is 7.96. The van der Waals surface area contributed by atoms with Gasteiger partial charge in [-0.1, -0.05) is 21.3 Å². The fraction of sp³-hybridized carbons (Fsp3) is 0.407. The van der Waals surface area contributed by atoms with Crippen molar-refractivity contribution in [2.45, 2.75) is 53.0 Å². The number of halogens is 6. The minimum Gasteiger partial charge on any atom is -0.490 e. The Morgan fingerprint density at radius 1 is 1.07 bits per heavy atom. The molecule has 3 N–H and O–H groups in total. The van der Waals surface area contributed by atoms with Gasteiger partial charge in [0.15, 0.2) is 0 Å². The maximum Gasteiger partial charge on any atom is 0.412 e. The molecule has 0 unspecified atom stereocenters. The lowest BCUT2D eigenvalue weighted by Crippen LogP contribution is -2.43. The number of ether oxygens (including phenoxy) is 2. The van der Waals surface area contributed by atoms with Crippen molar-refractivity contribution in [1.82, 2.24) is 15.0 Å². The first-order valence-corrected chi connectivity index (χ1v) is 12.6. The predicted molar refractivity (Wildman–Crippen MR) is 150 cm³/mol. The van der Waals surface area contributed by atoms with Crippen LogP contribution in [0.1, 0.15) is 58.6 Å². The Bertz CT molecular complexity index is 1280. The number of aromatic nitrogens is 3. The number of hydrogen-bond acceptors (Lipinski definition) is 7. The van der Waals surface area contributed by atoms with Crippen LogP contribution in [0.3, 0.4) is 0 Å². The average molecular weight is 650 g/mol. The molecule has 41 heavy (non-hydrogen) atoms. The first-order valence-electron chi connectivity index (χ1n) is 11.8. The molecular formula is C27H33BrF5N5O3. The van der Waals surface area contributed by atoms with Gasteiger partial charge in [-0.15, -0.1) is 0 Å². The van der Waals surface area contributed by atoms with E-state index in [1.165, 1.54) is 31.6 Å². The molecule has 0 radical (unpaired) electrons. The smallest absolute Gasteiger partial charge is 0.412 e. The van der Waals surface area contributed by atoms with E-state index in [-0.39, 0.29) is 35.8 Å². The van der Waals surface area contributed by atoms with Crippen molar-refractivity contribution in [3.63, 3.8) is 0 Å². The molecule has 14 heteroatoms. The number of nitrogens with two attached hydrogens (primary N) is 1. The van der Waals surface area contributed by atoms with Crippen LogP contribution in [0.4, 0.5) is 32.6 Å². The van der Waals surface area contributed by atoms with Crippen molar-refractivity contribution in [1.29, 1.82) is 0 Å². The van der Waals surface area contributed by atoms with Crippen LogP contribution in [0.5, 0.6) is 5.75 Å². The van der Waals surface area contributed by atoms with Gasteiger partial charge in [0, 0.05) is 17.3 Å². The topological polar surface area (TPSA) is 112 Å². The van der Waals surface area contributed by atoms with E-state index in [0.29, 0.717) is 23.6 Å². The SMILES string of the molecule is C.COC(=O)Nc1cc(-c2cc(C(F)F)c(OC[C@@](C)(N)CC(C)C)cn2)ccn1.Fc1cnc(Br)cc1C(F)F. The fourth-order valence-corrected chi connectivity index (χ4v) is 3.90. The van der Waals surface area contributed by atoms with E-state index >= 15 is 0 Å². The molecule has 0 aliphatic rings. The van der Waals surface area contributed by atoms with E-state index in [9.17, 15) is 26.7 Å². The molecule has 0 aromatic carbocycles. The van der Waals surface area contributed by atoms with E-state index in [1.807, 2.05) is 20.8 Å². The fourth-order valence-electron chi connectivity index (χ4n) is 3.55. The summed E-state index contributed by atoms with van der Waals surface area (Å²) in [5.74, 6) is -0.430. The number of amides is 1. The van der Waals surface area contributed by atoms with Crippen molar-refractivity contribution in [2.24, 2.45) is 11.7 Å². The molecule has 0 aliphatic carbocycles. The highest BCUT2D eigenvalue weighted by atomic mass is 79.9. The Kier molecular flexibility index (Phi) is 14.0. The lowest BCUT2D eigenvalue weighted by atomic mass is 9.93. The minimum absolute atomic E-state index is 0. The van der Waals surface area contributed by atoms with Gasteiger partial charge in [0.2, 0.25) is 0 Å². The van der Waals surface area contributed by atoms with Crippen LogP contribution in [0, 0.1) is 11.7 Å². The zero-order chi connectivity index (χ0) is 30.0. The minimum atomic E-state index is -2.80. The van der Waals surface area contributed by atoms with Crippen LogP contribution in [0.2, 0.25) is 0 Å². The average Bonchev–Trinajstić information content (AvgIpc) is 2.88. The number of carbonyl (C=O) groups excluding carboxylic acids is 1. The first kappa shape index (κ1) is 35.6. The zero-order valence-corrected chi connectivity index (χ0v) is 23.7. The summed E-state index contributed by atoms with van der Waals surface area (Å²) in [6, 6.07) is 5.32. The molecule has 1 atom stereocenters. The number of rotatable bonds is 9. The molecule has 3 heterocycles. The highest BCUT2D eigenvalue weighted by Gasteiger charge is 2.24. The molecule has 0 saturated carbocycles. The molecule has 3 aromatic rings. The Balaban J connectivity index is 0.000000588. The number of nitrogens with one attached hydrogen (secondary N) is 1. The highest BCUT2D eigenvalue weighted by molar-refractivity contribution is 9.10. The van der Waals surface area contributed by atoms with E-state index in [1.54, 1.807) is 6.07 Å². The Hall–Kier alpha value is -3.39. The largest absolute Gasteiger partial charge is 0.490 e. The first-order chi connectivity index (χ1) is 18.7. The highest BCUT2D eigenvalue weighted by Crippen LogP contribution is 2.33. The monoisotopic (exact) mass is 649 g/mol. The second kappa shape index (κ2) is 16.2. The van der Waals surface area contributed by atoms with Gasteiger partial charge >= 0.3 is 6.09 Å². The van der Waals surface area contributed by atoms with Crippen molar-refractivity contribution in [3.05, 3.63) is 64.4 Å². The second-order valence-electron chi connectivity index (χ2n) is 9.32. The third-order valence-electron chi connectivity index (χ3n) is 5.12. The Morgan fingerprint density at radius 3 is 2.29 bits per heavy atom. The molecule has 0 fully saturated rings. The summed E-state index contributed by atoms with van der Waals surface area (Å²) in [4.78, 5) is 23.0. The van der Waals surface area contributed by atoms with Gasteiger partial charge in [0.05, 0.1) is 36.3 Å². The van der Waals surface area contributed by atoms with Crippen LogP contribution >= 0.6 is 15.9 Å². The number of anilines is 1. The van der Waals surface area contributed by atoms with Gasteiger partial charge in [0.25, 0.3) is 12.9 Å². The summed E-state index contributed by atoms with van der Waals surface area (Å²) < 4.78 is 73.9. The van der Waals surface area contributed by atoms with Crippen molar-refractivity contribution in [3.8, 4) is 17.0 Å². The molecular weight excluding hydrogens is 617 g/mol. The van der Waals surface area contributed by atoms with Crippen molar-refractivity contribution in [2.75, 3.05) is 19.0 Å². The Labute approximate surface area is 244 Å². The maximum absolute atomic E-state index is 13.6. The van der Waals surface area contributed by atoms with Crippen molar-refractivity contribution >= 4 is 27.8 Å². The van der Waals surface area contributed by atoms with Gasteiger partial charge in [-0.3, -0.25) is 10.3 Å². The van der Waals surface area contributed by atoms with Crippen LogP contribution in [-0.4, -0.2) is 40.3 Å². The molecule has 0 bridgehead atoms. The summed E-state index contributed by atoms with van der Waals surface area (Å²) in [7, 11) is 1.22. The van der Waals surface area contributed by atoms with Crippen LogP contribution < -0.4 is 15.8 Å². The molecule has 3 rings (SSSR count). The quantitative estimate of drug-likeness (QED) is 0.179. The lowest BCUT2D eigenvalue weighted by Gasteiger charge is -2.27. The standard InChI is InChI=1S/C20H26F2N4O3.C6H3BrF3N.CH4/c1-12(2)9-20(3,23)11-29-16-10-25-15(8-14(16)18(21)22)13-5-6-24-17(7-13)26-19(27)28-4;7-5-1-3(6(9)10)4(8)2-11-5;/h5-8,10,12,18H,9,11,23H2,1-4H3,(H,24,26,27);1-2,6H;1H4/t20-;;/m0../s1. The van der Waals surface area contributed by atoms with Gasteiger partial charge in [0.1, 0.15) is 28.6 Å². The summed E-state index contributed by atoms with van der Waals surface area (Å²) in [5, 5.41) is 2.42. The molecule has 0 spiro atoms. The number of pyridine rings is 3. The maximum atomic E-state index is 13.6. The van der Waals surface area contributed by atoms with Crippen LogP contribution in [-0.2, 0) is 4.74 Å². The van der Waals surface area contributed by atoms with E-state index < -0.39 is 35.9 Å². The molecule has 0 aliphatic heterocycles. The number of alkyl halides is 4. The molecule has 0 saturated heterocycles. The normalized spacial score (nSPS) is 12.2. The number of methoxy groups -OCH3 is 1. The molecule has 8 nitrogen and oxygen atoms in total. The summed E-state index contributed by atoms with van der Waals surface area (Å²) in [6.45, 7) is 5.98. The number of carbonyl (C=O) groups is 1. The van der Waals surface area contributed by atoms with Gasteiger partial charge in [-0.2, -0.15) is 0 Å². The summed E-state index contributed by atoms with van der Waals surface area (Å²) >= 11 is 2.85. The number of nitrogens with zero attached hydrogens (tertiary/aromatic N) is 3. The summed E-state index contributed by atoms with van der Waals surface area (Å²) in [6.07, 6.45) is -2.10. The molecule has 3 aromatic heterocycles. The second-order valence-corrected chi connectivity index (χ2v) is 10.1. The zero-order valence-electron chi connectivity index (χ0n) is 22.1. The van der Waals surface area contributed by atoms with Gasteiger partial charge < -0.3 is 15.2 Å². The van der Waals surface area contributed by atoms with E-state index in [2.05, 4.69) is 40.9 Å². The van der Waals surface area contributed by atoms with Crippen LogP contribution in [0.25, 0.3) is 11.3 Å². The summed E-state index contributed by atoms with van der Waals surface area (Å²) in [5.41, 5.74) is 5.43.